The fraction of sp³-hybridized carbons (Fsp3) is 0.316. The molecule has 25 heavy (non-hydrogen) atoms. The van der Waals surface area contributed by atoms with E-state index >= 15 is 0 Å². The minimum Gasteiger partial charge on any atom is -0.497 e. The predicted octanol–water partition coefficient (Wildman–Crippen LogP) is 2.27. The second kappa shape index (κ2) is 8.94. The zero-order valence-corrected chi connectivity index (χ0v) is 14.6. The number of aliphatic hydroxyl groups excluding tert-OH is 1. The third kappa shape index (κ3) is 5.12. The molecule has 1 atom stereocenters. The first-order valence-corrected chi connectivity index (χ1v) is 7.87. The van der Waals surface area contributed by atoms with Crippen LogP contribution < -0.4 is 14.2 Å². The summed E-state index contributed by atoms with van der Waals surface area (Å²) in [5.74, 6) is 1.48. The van der Waals surface area contributed by atoms with Crippen molar-refractivity contribution < 1.29 is 24.1 Å². The van der Waals surface area contributed by atoms with Gasteiger partial charge in [0.05, 0.1) is 26.9 Å². The Morgan fingerprint density at radius 3 is 2.48 bits per heavy atom. The van der Waals surface area contributed by atoms with E-state index in [1.807, 2.05) is 6.07 Å². The maximum absolute atomic E-state index is 12.2. The van der Waals surface area contributed by atoms with Crippen LogP contribution in [-0.2, 0) is 4.79 Å². The molecule has 0 aromatic heterocycles. The van der Waals surface area contributed by atoms with Gasteiger partial charge >= 0.3 is 0 Å². The predicted molar refractivity (Wildman–Crippen MR) is 94.1 cm³/mol. The van der Waals surface area contributed by atoms with E-state index < -0.39 is 6.10 Å². The lowest BCUT2D eigenvalue weighted by atomic mass is 10.1. The lowest BCUT2D eigenvalue weighted by molar-refractivity contribution is -0.133. The lowest BCUT2D eigenvalue weighted by Gasteiger charge is -2.21. The SMILES string of the molecule is COc1cccc(C(O)CN(C)C(=O)COc2ccccc2OC)c1. The van der Waals surface area contributed by atoms with Crippen LogP contribution in [0.15, 0.2) is 48.5 Å². The van der Waals surface area contributed by atoms with Gasteiger partial charge in [-0.1, -0.05) is 24.3 Å². The van der Waals surface area contributed by atoms with E-state index in [2.05, 4.69) is 0 Å². The van der Waals surface area contributed by atoms with Crippen molar-refractivity contribution in [1.29, 1.82) is 0 Å². The molecule has 1 amide bonds. The molecule has 0 radical (unpaired) electrons. The van der Waals surface area contributed by atoms with Crippen molar-refractivity contribution in [1.82, 2.24) is 4.90 Å². The molecule has 0 saturated carbocycles. The molecule has 0 spiro atoms. The van der Waals surface area contributed by atoms with E-state index in [1.165, 1.54) is 4.90 Å². The molecule has 0 aliphatic heterocycles. The smallest absolute Gasteiger partial charge is 0.260 e. The molecule has 0 fully saturated rings. The van der Waals surface area contributed by atoms with Crippen LogP contribution in [0.25, 0.3) is 0 Å². The topological polar surface area (TPSA) is 68.2 Å². The molecule has 2 aromatic rings. The average molecular weight is 345 g/mol. The minimum atomic E-state index is -0.810. The van der Waals surface area contributed by atoms with Gasteiger partial charge in [0.1, 0.15) is 5.75 Å². The number of benzene rings is 2. The number of carbonyl (C=O) groups excluding carboxylic acids is 1. The number of likely N-dealkylation sites (N-methyl/N-ethyl adjacent to an activating group) is 1. The summed E-state index contributed by atoms with van der Waals surface area (Å²) in [6, 6.07) is 14.2. The summed E-state index contributed by atoms with van der Waals surface area (Å²) in [4.78, 5) is 13.7. The van der Waals surface area contributed by atoms with E-state index in [1.54, 1.807) is 63.7 Å². The number of amides is 1. The number of nitrogens with zero attached hydrogens (tertiary/aromatic N) is 1. The molecule has 1 N–H and O–H groups in total. The van der Waals surface area contributed by atoms with Crippen LogP contribution in [0.1, 0.15) is 11.7 Å². The molecule has 0 bridgehead atoms. The van der Waals surface area contributed by atoms with Gasteiger partial charge in [0.2, 0.25) is 0 Å². The second-order valence-electron chi connectivity index (χ2n) is 5.51. The van der Waals surface area contributed by atoms with Gasteiger partial charge < -0.3 is 24.2 Å². The molecule has 0 heterocycles. The van der Waals surface area contributed by atoms with Crippen LogP contribution in [0.4, 0.5) is 0 Å². The van der Waals surface area contributed by atoms with Crippen molar-refractivity contribution in [2.45, 2.75) is 6.10 Å². The van der Waals surface area contributed by atoms with E-state index in [0.717, 1.165) is 0 Å². The van der Waals surface area contributed by atoms with Gasteiger partial charge in [-0.05, 0) is 29.8 Å². The molecule has 2 rings (SSSR count). The monoisotopic (exact) mass is 345 g/mol. The maximum atomic E-state index is 12.2. The van der Waals surface area contributed by atoms with Gasteiger partial charge in [0.15, 0.2) is 18.1 Å². The Kier molecular flexibility index (Phi) is 6.65. The second-order valence-corrected chi connectivity index (χ2v) is 5.51. The number of carbonyl (C=O) groups is 1. The zero-order valence-electron chi connectivity index (χ0n) is 14.6. The van der Waals surface area contributed by atoms with Crippen molar-refractivity contribution in [3.63, 3.8) is 0 Å². The molecular weight excluding hydrogens is 322 g/mol. The first-order valence-electron chi connectivity index (χ1n) is 7.87. The Bertz CT molecular complexity index is 704. The summed E-state index contributed by atoms with van der Waals surface area (Å²) in [6.45, 7) is 0.0169. The van der Waals surface area contributed by atoms with E-state index in [4.69, 9.17) is 14.2 Å². The number of hydrogen-bond acceptors (Lipinski definition) is 5. The van der Waals surface area contributed by atoms with Crippen LogP contribution in [0.2, 0.25) is 0 Å². The minimum absolute atomic E-state index is 0.137. The third-order valence-electron chi connectivity index (χ3n) is 3.77. The van der Waals surface area contributed by atoms with Gasteiger partial charge in [0, 0.05) is 7.05 Å². The maximum Gasteiger partial charge on any atom is 0.260 e. The first kappa shape index (κ1) is 18.6. The molecule has 134 valence electrons. The summed E-state index contributed by atoms with van der Waals surface area (Å²) >= 11 is 0. The number of rotatable bonds is 8. The van der Waals surface area contributed by atoms with Gasteiger partial charge in [0.25, 0.3) is 5.91 Å². The highest BCUT2D eigenvalue weighted by molar-refractivity contribution is 5.77. The number of ether oxygens (including phenoxy) is 3. The molecule has 0 saturated heterocycles. The number of methoxy groups -OCH3 is 2. The van der Waals surface area contributed by atoms with E-state index in [0.29, 0.717) is 22.8 Å². The van der Waals surface area contributed by atoms with E-state index in [9.17, 15) is 9.90 Å². The van der Waals surface area contributed by atoms with Gasteiger partial charge in [-0.2, -0.15) is 0 Å². The number of hydrogen-bond donors (Lipinski definition) is 1. The van der Waals surface area contributed by atoms with Crippen LogP contribution in [0.3, 0.4) is 0 Å². The number of para-hydroxylation sites is 2. The van der Waals surface area contributed by atoms with Crippen LogP contribution >= 0.6 is 0 Å². The van der Waals surface area contributed by atoms with Crippen LogP contribution in [0.5, 0.6) is 17.2 Å². The average Bonchev–Trinajstić information content (AvgIpc) is 2.66. The number of aliphatic hydroxyl groups is 1. The van der Waals surface area contributed by atoms with Crippen molar-refractivity contribution >= 4 is 5.91 Å². The van der Waals surface area contributed by atoms with Gasteiger partial charge in [-0.3, -0.25) is 4.79 Å². The summed E-state index contributed by atoms with van der Waals surface area (Å²) in [5, 5.41) is 10.3. The molecule has 0 aliphatic carbocycles. The molecule has 6 heteroatoms. The first-order chi connectivity index (χ1) is 12.0. The Morgan fingerprint density at radius 2 is 1.80 bits per heavy atom. The standard InChI is InChI=1S/C19H23NO5/c1-20(12-16(21)14-7-6-8-15(11-14)23-2)19(22)13-25-18-10-5-4-9-17(18)24-3/h4-11,16,21H,12-13H2,1-3H3. The lowest BCUT2D eigenvalue weighted by Crippen LogP contribution is -2.34. The molecule has 1 unspecified atom stereocenters. The normalized spacial score (nSPS) is 11.5. The summed E-state index contributed by atoms with van der Waals surface area (Å²) in [6.07, 6.45) is -0.810. The fourth-order valence-electron chi connectivity index (χ4n) is 2.30. The highest BCUT2D eigenvalue weighted by Gasteiger charge is 2.17. The summed E-state index contributed by atoms with van der Waals surface area (Å²) < 4.78 is 15.8. The third-order valence-corrected chi connectivity index (χ3v) is 3.77. The zero-order chi connectivity index (χ0) is 18.2. The van der Waals surface area contributed by atoms with Crippen molar-refractivity contribution in [3.8, 4) is 17.2 Å². The molecule has 0 aliphatic rings. The quantitative estimate of drug-likeness (QED) is 0.795. The Labute approximate surface area is 147 Å². The fourth-order valence-corrected chi connectivity index (χ4v) is 2.30. The van der Waals surface area contributed by atoms with Gasteiger partial charge in [-0.25, -0.2) is 0 Å². The van der Waals surface area contributed by atoms with Crippen LogP contribution in [0, 0.1) is 0 Å². The van der Waals surface area contributed by atoms with Crippen molar-refractivity contribution in [3.05, 3.63) is 54.1 Å². The Balaban J connectivity index is 1.91. The Hall–Kier alpha value is -2.73. The molecular formula is C19H23NO5. The van der Waals surface area contributed by atoms with E-state index in [-0.39, 0.29) is 19.1 Å². The summed E-state index contributed by atoms with van der Waals surface area (Å²) in [5.41, 5.74) is 0.685. The highest BCUT2D eigenvalue weighted by atomic mass is 16.5. The molecule has 6 nitrogen and oxygen atoms in total. The highest BCUT2D eigenvalue weighted by Crippen LogP contribution is 2.25. The van der Waals surface area contributed by atoms with Crippen LogP contribution in [-0.4, -0.2) is 50.3 Å². The van der Waals surface area contributed by atoms with Crippen molar-refractivity contribution in [2.24, 2.45) is 0 Å². The van der Waals surface area contributed by atoms with Crippen molar-refractivity contribution in [2.75, 3.05) is 34.4 Å². The largest absolute Gasteiger partial charge is 0.497 e. The summed E-state index contributed by atoms with van der Waals surface area (Å²) in [7, 11) is 4.73. The molecule has 2 aromatic carbocycles. The van der Waals surface area contributed by atoms with Gasteiger partial charge in [-0.15, -0.1) is 0 Å². The Morgan fingerprint density at radius 1 is 1.08 bits per heavy atom.